The van der Waals surface area contributed by atoms with Crippen LogP contribution in [0.2, 0.25) is 0 Å². The summed E-state index contributed by atoms with van der Waals surface area (Å²) in [6, 6.07) is 1.41. The Morgan fingerprint density at radius 1 is 1.40 bits per heavy atom. The topological polar surface area (TPSA) is 12.0 Å². The summed E-state index contributed by atoms with van der Waals surface area (Å²) in [5, 5.41) is 3.76. The van der Waals surface area contributed by atoms with Crippen LogP contribution in [0.15, 0.2) is 12.2 Å². The molecule has 0 aromatic heterocycles. The molecule has 0 saturated heterocycles. The van der Waals surface area contributed by atoms with Gasteiger partial charge < -0.3 is 5.32 Å². The molecule has 0 aliphatic heterocycles. The molecule has 1 heteroatoms. The van der Waals surface area contributed by atoms with Crippen LogP contribution in [0.5, 0.6) is 0 Å². The summed E-state index contributed by atoms with van der Waals surface area (Å²) in [6.07, 6.45) is 12.6. The van der Waals surface area contributed by atoms with Crippen molar-refractivity contribution in [2.45, 2.75) is 71.4 Å². The Bertz CT molecular complexity index is 186. The average molecular weight is 209 g/mol. The fourth-order valence-corrected chi connectivity index (χ4v) is 2.57. The molecule has 0 fully saturated rings. The lowest BCUT2D eigenvalue weighted by atomic mass is 9.99. The van der Waals surface area contributed by atoms with E-state index in [-0.39, 0.29) is 0 Å². The van der Waals surface area contributed by atoms with E-state index in [9.17, 15) is 0 Å². The summed E-state index contributed by atoms with van der Waals surface area (Å²) in [5.41, 5.74) is 0. The highest BCUT2D eigenvalue weighted by Gasteiger charge is 2.15. The Morgan fingerprint density at radius 3 is 2.73 bits per heavy atom. The lowest BCUT2D eigenvalue weighted by Gasteiger charge is -2.23. The predicted molar refractivity (Wildman–Crippen MR) is 68.1 cm³/mol. The lowest BCUT2D eigenvalue weighted by molar-refractivity contribution is 0.369. The molecule has 1 aliphatic rings. The Labute approximate surface area is 95.3 Å². The molecule has 3 atom stereocenters. The molecule has 0 heterocycles. The van der Waals surface area contributed by atoms with E-state index in [0.717, 1.165) is 12.0 Å². The highest BCUT2D eigenvalue weighted by atomic mass is 14.9. The quantitative estimate of drug-likeness (QED) is 0.627. The van der Waals surface area contributed by atoms with Gasteiger partial charge in [-0.1, -0.05) is 32.4 Å². The van der Waals surface area contributed by atoms with Gasteiger partial charge >= 0.3 is 0 Å². The summed E-state index contributed by atoms with van der Waals surface area (Å²) < 4.78 is 0. The summed E-state index contributed by atoms with van der Waals surface area (Å²) in [5.74, 6) is 0.839. The average Bonchev–Trinajstić information content (AvgIpc) is 2.69. The highest BCUT2D eigenvalue weighted by Crippen LogP contribution is 2.22. The summed E-state index contributed by atoms with van der Waals surface area (Å²) in [4.78, 5) is 0. The number of nitrogens with one attached hydrogen (secondary N) is 1. The summed E-state index contributed by atoms with van der Waals surface area (Å²) in [6.45, 7) is 6.90. The van der Waals surface area contributed by atoms with Crippen LogP contribution in [-0.4, -0.2) is 12.1 Å². The van der Waals surface area contributed by atoms with Gasteiger partial charge in [0.2, 0.25) is 0 Å². The predicted octanol–water partition coefficient (Wildman–Crippen LogP) is 3.90. The number of hydrogen-bond acceptors (Lipinski definition) is 1. The van der Waals surface area contributed by atoms with E-state index in [1.54, 1.807) is 0 Å². The number of allylic oxidation sites excluding steroid dienone is 2. The van der Waals surface area contributed by atoms with Crippen molar-refractivity contribution in [1.29, 1.82) is 0 Å². The van der Waals surface area contributed by atoms with Crippen molar-refractivity contribution in [3.8, 4) is 0 Å². The monoisotopic (exact) mass is 209 g/mol. The first-order chi connectivity index (χ1) is 7.26. The largest absolute Gasteiger partial charge is 0.311 e. The first-order valence-electron chi connectivity index (χ1n) is 6.69. The van der Waals surface area contributed by atoms with E-state index in [1.807, 2.05) is 0 Å². The summed E-state index contributed by atoms with van der Waals surface area (Å²) >= 11 is 0. The third-order valence-corrected chi connectivity index (χ3v) is 3.42. The molecule has 0 amide bonds. The van der Waals surface area contributed by atoms with Crippen LogP contribution in [0.1, 0.15) is 59.3 Å². The smallest absolute Gasteiger partial charge is 0.00668 e. The van der Waals surface area contributed by atoms with Crippen LogP contribution < -0.4 is 5.32 Å². The van der Waals surface area contributed by atoms with Gasteiger partial charge in [0.25, 0.3) is 0 Å². The standard InChI is InChI=1S/C14H27N/c1-4-8-14(5-2)15-12(3)11-13-9-6-7-10-13/h6,9,12-15H,4-5,7-8,10-11H2,1-3H3. The van der Waals surface area contributed by atoms with Crippen molar-refractivity contribution < 1.29 is 0 Å². The Kier molecular flexibility index (Phi) is 6.00. The molecular weight excluding hydrogens is 182 g/mol. The van der Waals surface area contributed by atoms with E-state index < -0.39 is 0 Å². The van der Waals surface area contributed by atoms with Crippen molar-refractivity contribution in [3.63, 3.8) is 0 Å². The third kappa shape index (κ3) is 4.83. The van der Waals surface area contributed by atoms with E-state index >= 15 is 0 Å². The van der Waals surface area contributed by atoms with Crippen molar-refractivity contribution in [3.05, 3.63) is 12.2 Å². The SMILES string of the molecule is CCCC(CC)NC(C)CC1C=CCC1. The van der Waals surface area contributed by atoms with Crippen LogP contribution in [0.3, 0.4) is 0 Å². The van der Waals surface area contributed by atoms with Crippen LogP contribution in [0, 0.1) is 5.92 Å². The van der Waals surface area contributed by atoms with Gasteiger partial charge in [0, 0.05) is 12.1 Å². The molecule has 1 nitrogen and oxygen atoms in total. The Balaban J connectivity index is 2.20. The zero-order chi connectivity index (χ0) is 11.1. The van der Waals surface area contributed by atoms with E-state index in [2.05, 4.69) is 38.2 Å². The van der Waals surface area contributed by atoms with Gasteiger partial charge in [-0.3, -0.25) is 0 Å². The molecule has 88 valence electrons. The fourth-order valence-electron chi connectivity index (χ4n) is 2.57. The molecule has 0 saturated carbocycles. The maximum absolute atomic E-state index is 3.76. The van der Waals surface area contributed by atoms with Gasteiger partial charge in [-0.15, -0.1) is 0 Å². The molecule has 3 unspecified atom stereocenters. The van der Waals surface area contributed by atoms with Crippen molar-refractivity contribution in [2.24, 2.45) is 5.92 Å². The minimum absolute atomic E-state index is 0.675. The highest BCUT2D eigenvalue weighted by molar-refractivity contribution is 4.97. The molecule has 0 radical (unpaired) electrons. The molecule has 1 aliphatic carbocycles. The molecule has 0 aromatic rings. The number of hydrogen-bond donors (Lipinski definition) is 1. The lowest BCUT2D eigenvalue weighted by Crippen LogP contribution is -2.36. The van der Waals surface area contributed by atoms with Crippen LogP contribution >= 0.6 is 0 Å². The second-order valence-electron chi connectivity index (χ2n) is 4.96. The molecule has 0 aromatic carbocycles. The molecule has 1 rings (SSSR count). The van der Waals surface area contributed by atoms with Gasteiger partial charge in [0.15, 0.2) is 0 Å². The van der Waals surface area contributed by atoms with Crippen LogP contribution in [0.4, 0.5) is 0 Å². The zero-order valence-electron chi connectivity index (χ0n) is 10.6. The molecule has 15 heavy (non-hydrogen) atoms. The van der Waals surface area contributed by atoms with Crippen molar-refractivity contribution >= 4 is 0 Å². The molecule has 0 bridgehead atoms. The van der Waals surface area contributed by atoms with Gasteiger partial charge in [-0.2, -0.15) is 0 Å². The molecular formula is C14H27N. The van der Waals surface area contributed by atoms with E-state index in [4.69, 9.17) is 0 Å². The van der Waals surface area contributed by atoms with Gasteiger partial charge in [-0.05, 0) is 44.9 Å². The minimum Gasteiger partial charge on any atom is -0.311 e. The van der Waals surface area contributed by atoms with Gasteiger partial charge in [0.05, 0.1) is 0 Å². The summed E-state index contributed by atoms with van der Waals surface area (Å²) in [7, 11) is 0. The Hall–Kier alpha value is -0.300. The first kappa shape index (κ1) is 12.8. The first-order valence-corrected chi connectivity index (χ1v) is 6.69. The van der Waals surface area contributed by atoms with Crippen LogP contribution in [0.25, 0.3) is 0 Å². The van der Waals surface area contributed by atoms with Crippen molar-refractivity contribution in [2.75, 3.05) is 0 Å². The minimum atomic E-state index is 0.675. The zero-order valence-corrected chi connectivity index (χ0v) is 10.6. The van der Waals surface area contributed by atoms with Crippen LogP contribution in [-0.2, 0) is 0 Å². The van der Waals surface area contributed by atoms with E-state index in [0.29, 0.717) is 6.04 Å². The van der Waals surface area contributed by atoms with Crippen molar-refractivity contribution in [1.82, 2.24) is 5.32 Å². The molecule has 1 N–H and O–H groups in total. The second kappa shape index (κ2) is 7.05. The molecule has 0 spiro atoms. The van der Waals surface area contributed by atoms with E-state index in [1.165, 1.54) is 38.5 Å². The normalized spacial score (nSPS) is 24.3. The second-order valence-corrected chi connectivity index (χ2v) is 4.96. The number of rotatable bonds is 7. The maximum atomic E-state index is 3.76. The van der Waals surface area contributed by atoms with Gasteiger partial charge in [0.1, 0.15) is 0 Å². The fraction of sp³-hybridized carbons (Fsp3) is 0.857. The van der Waals surface area contributed by atoms with Gasteiger partial charge in [-0.25, -0.2) is 0 Å². The third-order valence-electron chi connectivity index (χ3n) is 3.42. The maximum Gasteiger partial charge on any atom is 0.00668 e. The Morgan fingerprint density at radius 2 is 2.20 bits per heavy atom.